The number of carbonyl (C=O) groups is 2. The van der Waals surface area contributed by atoms with Crippen LogP contribution in [0.2, 0.25) is 0 Å². The largest absolute Gasteiger partial charge is 0.330 e. The highest BCUT2D eigenvalue weighted by molar-refractivity contribution is 5.88. The van der Waals surface area contributed by atoms with E-state index in [4.69, 9.17) is 0 Å². The number of benzene rings is 3. The fourth-order valence-electron chi connectivity index (χ4n) is 3.98. The molecule has 34 heavy (non-hydrogen) atoms. The van der Waals surface area contributed by atoms with E-state index < -0.39 is 0 Å². The van der Waals surface area contributed by atoms with Crippen molar-refractivity contribution in [3.05, 3.63) is 107 Å². The molecule has 0 bridgehead atoms. The summed E-state index contributed by atoms with van der Waals surface area (Å²) < 4.78 is 1.46. The minimum absolute atomic E-state index is 0.107. The highest BCUT2D eigenvalue weighted by Crippen LogP contribution is 2.25. The fraction of sp³-hybridized carbons (Fsp3) is 0.185. The van der Waals surface area contributed by atoms with Gasteiger partial charge in [-0.3, -0.25) is 19.0 Å². The molecule has 4 aromatic rings. The molecule has 0 saturated heterocycles. The molecule has 1 N–H and O–H groups in total. The van der Waals surface area contributed by atoms with Gasteiger partial charge in [0.15, 0.2) is 0 Å². The number of amides is 2. The Morgan fingerprint density at radius 1 is 1.00 bits per heavy atom. The van der Waals surface area contributed by atoms with Crippen LogP contribution in [0.1, 0.15) is 31.0 Å². The van der Waals surface area contributed by atoms with E-state index in [9.17, 15) is 14.4 Å². The number of aromatic nitrogens is 2. The maximum absolute atomic E-state index is 13.7. The van der Waals surface area contributed by atoms with Crippen molar-refractivity contribution in [3.8, 4) is 0 Å². The lowest BCUT2D eigenvalue weighted by atomic mass is 10.0. The van der Waals surface area contributed by atoms with E-state index in [1.165, 1.54) is 17.7 Å². The topological polar surface area (TPSA) is 84.3 Å². The van der Waals surface area contributed by atoms with Crippen LogP contribution in [0.5, 0.6) is 0 Å². The molecule has 7 heteroatoms. The Labute approximate surface area is 197 Å². The summed E-state index contributed by atoms with van der Waals surface area (Å²) in [6, 6.07) is 24.1. The van der Waals surface area contributed by atoms with Crippen LogP contribution in [0.25, 0.3) is 11.0 Å². The molecule has 1 heterocycles. The van der Waals surface area contributed by atoms with Gasteiger partial charge in [0.05, 0.1) is 23.3 Å². The summed E-state index contributed by atoms with van der Waals surface area (Å²) in [5.74, 6) is -0.356. The molecule has 0 spiro atoms. The Bertz CT molecular complexity index is 1380. The van der Waals surface area contributed by atoms with Crippen LogP contribution in [-0.2, 0) is 22.7 Å². The molecule has 0 aliphatic carbocycles. The summed E-state index contributed by atoms with van der Waals surface area (Å²) >= 11 is 0. The average molecular weight is 455 g/mol. The van der Waals surface area contributed by atoms with Crippen molar-refractivity contribution in [3.63, 3.8) is 0 Å². The van der Waals surface area contributed by atoms with Crippen LogP contribution in [0.4, 0.5) is 5.69 Å². The first kappa shape index (κ1) is 22.9. The van der Waals surface area contributed by atoms with Crippen molar-refractivity contribution in [2.24, 2.45) is 0 Å². The molecule has 0 aliphatic heterocycles. The Kier molecular flexibility index (Phi) is 6.82. The lowest BCUT2D eigenvalue weighted by molar-refractivity contribution is -0.134. The number of nitrogens with one attached hydrogen (secondary N) is 1. The van der Waals surface area contributed by atoms with Crippen LogP contribution < -0.4 is 10.9 Å². The second kappa shape index (κ2) is 10.1. The SMILES string of the molecule is CC(=O)Nc1cccc(C(C)N(Cc2ccccc2)C(=O)Cn2c(=O)cnc3ccccc32)c1. The van der Waals surface area contributed by atoms with Crippen molar-refractivity contribution < 1.29 is 9.59 Å². The number of carbonyl (C=O) groups excluding carboxylic acids is 2. The maximum atomic E-state index is 13.7. The van der Waals surface area contributed by atoms with Gasteiger partial charge in [-0.15, -0.1) is 0 Å². The molecule has 172 valence electrons. The van der Waals surface area contributed by atoms with Gasteiger partial charge in [0.2, 0.25) is 11.8 Å². The minimum Gasteiger partial charge on any atom is -0.330 e. The van der Waals surface area contributed by atoms with Gasteiger partial charge in [0, 0.05) is 19.2 Å². The highest BCUT2D eigenvalue weighted by atomic mass is 16.2. The Balaban J connectivity index is 1.69. The first-order valence-corrected chi connectivity index (χ1v) is 11.1. The minimum atomic E-state index is -0.327. The zero-order chi connectivity index (χ0) is 24.1. The molecule has 0 fully saturated rings. The van der Waals surface area contributed by atoms with Crippen molar-refractivity contribution >= 4 is 28.5 Å². The van der Waals surface area contributed by atoms with E-state index >= 15 is 0 Å². The van der Waals surface area contributed by atoms with E-state index in [1.807, 2.05) is 79.7 Å². The van der Waals surface area contributed by atoms with Crippen LogP contribution >= 0.6 is 0 Å². The molecule has 0 radical (unpaired) electrons. The van der Waals surface area contributed by atoms with Crippen molar-refractivity contribution in [1.29, 1.82) is 0 Å². The summed E-state index contributed by atoms with van der Waals surface area (Å²) in [6.45, 7) is 3.67. The first-order valence-electron chi connectivity index (χ1n) is 11.1. The number of anilines is 1. The van der Waals surface area contributed by atoms with Crippen LogP contribution in [0.15, 0.2) is 89.9 Å². The molecule has 7 nitrogen and oxygen atoms in total. The van der Waals surface area contributed by atoms with E-state index in [2.05, 4.69) is 10.3 Å². The Hall–Kier alpha value is -4.26. The van der Waals surface area contributed by atoms with Gasteiger partial charge in [0.1, 0.15) is 6.54 Å². The first-order chi connectivity index (χ1) is 16.4. The van der Waals surface area contributed by atoms with Gasteiger partial charge in [-0.25, -0.2) is 4.98 Å². The molecule has 0 aliphatic rings. The number of fused-ring (bicyclic) bond motifs is 1. The Morgan fingerprint density at radius 3 is 2.50 bits per heavy atom. The van der Waals surface area contributed by atoms with Crippen molar-refractivity contribution in [1.82, 2.24) is 14.5 Å². The van der Waals surface area contributed by atoms with Gasteiger partial charge >= 0.3 is 0 Å². The van der Waals surface area contributed by atoms with E-state index in [-0.39, 0.29) is 30.0 Å². The zero-order valence-corrected chi connectivity index (χ0v) is 19.1. The lowest BCUT2D eigenvalue weighted by Crippen LogP contribution is -2.38. The van der Waals surface area contributed by atoms with Gasteiger partial charge < -0.3 is 10.2 Å². The molecular weight excluding hydrogens is 428 g/mol. The van der Waals surface area contributed by atoms with Crippen LogP contribution in [0, 0.1) is 0 Å². The van der Waals surface area contributed by atoms with Gasteiger partial charge in [-0.05, 0) is 42.3 Å². The lowest BCUT2D eigenvalue weighted by Gasteiger charge is -2.30. The molecule has 3 aromatic carbocycles. The van der Waals surface area contributed by atoms with Gasteiger partial charge in [-0.2, -0.15) is 0 Å². The third kappa shape index (κ3) is 5.20. The quantitative estimate of drug-likeness (QED) is 0.455. The van der Waals surface area contributed by atoms with Gasteiger partial charge in [0.25, 0.3) is 5.56 Å². The molecule has 4 rings (SSSR count). The van der Waals surface area contributed by atoms with Gasteiger partial charge in [-0.1, -0.05) is 54.6 Å². The highest BCUT2D eigenvalue weighted by Gasteiger charge is 2.23. The monoisotopic (exact) mass is 454 g/mol. The predicted octanol–water partition coefficient (Wildman–Crippen LogP) is 4.14. The van der Waals surface area contributed by atoms with Crippen LogP contribution in [0.3, 0.4) is 0 Å². The summed E-state index contributed by atoms with van der Waals surface area (Å²) in [4.78, 5) is 43.7. The molecular formula is C27H26N4O3. The normalized spacial score (nSPS) is 11.7. The zero-order valence-electron chi connectivity index (χ0n) is 19.1. The molecule has 0 saturated carbocycles. The Morgan fingerprint density at radius 2 is 1.74 bits per heavy atom. The number of nitrogens with zero attached hydrogens (tertiary/aromatic N) is 3. The smallest absolute Gasteiger partial charge is 0.269 e. The average Bonchev–Trinajstić information content (AvgIpc) is 2.84. The van der Waals surface area contributed by atoms with E-state index in [0.717, 1.165) is 11.1 Å². The van der Waals surface area contributed by atoms with Crippen molar-refractivity contribution in [2.45, 2.75) is 33.0 Å². The number of hydrogen-bond acceptors (Lipinski definition) is 4. The molecule has 2 amide bonds. The van der Waals surface area contributed by atoms with Crippen LogP contribution in [-0.4, -0.2) is 26.3 Å². The fourth-order valence-corrected chi connectivity index (χ4v) is 3.98. The summed E-state index contributed by atoms with van der Waals surface area (Å²) in [7, 11) is 0. The predicted molar refractivity (Wildman–Crippen MR) is 132 cm³/mol. The molecule has 1 atom stereocenters. The third-order valence-corrected chi connectivity index (χ3v) is 5.72. The summed E-state index contributed by atoms with van der Waals surface area (Å²) in [6.07, 6.45) is 1.25. The van der Waals surface area contributed by atoms with Crippen molar-refractivity contribution in [2.75, 3.05) is 5.32 Å². The molecule has 1 aromatic heterocycles. The maximum Gasteiger partial charge on any atom is 0.269 e. The number of para-hydroxylation sites is 2. The summed E-state index contributed by atoms with van der Waals surface area (Å²) in [5.41, 5.74) is 3.46. The second-order valence-electron chi connectivity index (χ2n) is 8.16. The van der Waals surface area contributed by atoms with E-state index in [0.29, 0.717) is 23.3 Å². The second-order valence-corrected chi connectivity index (χ2v) is 8.16. The van der Waals surface area contributed by atoms with E-state index in [1.54, 1.807) is 11.0 Å². The number of hydrogen-bond donors (Lipinski definition) is 1. The standard InChI is InChI=1S/C27H26N4O3/c1-19(22-11-8-12-23(15-22)29-20(2)32)30(17-21-9-4-3-5-10-21)27(34)18-31-25-14-7-6-13-24(25)28-16-26(31)33/h3-16,19H,17-18H2,1-2H3,(H,29,32). The summed E-state index contributed by atoms with van der Waals surface area (Å²) in [5, 5.41) is 2.79. The number of rotatable bonds is 7. The third-order valence-electron chi connectivity index (χ3n) is 5.72. The molecule has 1 unspecified atom stereocenters.